The van der Waals surface area contributed by atoms with E-state index in [0.29, 0.717) is 6.04 Å². The first-order chi connectivity index (χ1) is 10.0. The highest BCUT2D eigenvalue weighted by molar-refractivity contribution is 5.43. The van der Waals surface area contributed by atoms with Crippen molar-refractivity contribution < 1.29 is 0 Å². The predicted molar refractivity (Wildman–Crippen MR) is 86.7 cm³/mol. The largest absolute Gasteiger partial charge is 0.368 e. The molecule has 0 radical (unpaired) electrons. The predicted octanol–water partition coefficient (Wildman–Crippen LogP) is 2.68. The number of likely N-dealkylation sites (N-methyl/N-ethyl adjacent to an activating group) is 1. The second-order valence-electron chi connectivity index (χ2n) is 5.52. The SMILES string of the molecule is Cc1cc(NC(C)C)nc(N(C)CCc2ccncc2)n1. The lowest BCUT2D eigenvalue weighted by atomic mass is 10.2. The minimum atomic E-state index is 0.356. The molecule has 0 atom stereocenters. The number of nitrogens with zero attached hydrogens (tertiary/aromatic N) is 4. The van der Waals surface area contributed by atoms with Crippen molar-refractivity contribution in [2.75, 3.05) is 23.8 Å². The van der Waals surface area contributed by atoms with Gasteiger partial charge in [-0.1, -0.05) is 0 Å². The van der Waals surface area contributed by atoms with Crippen LogP contribution in [0.5, 0.6) is 0 Å². The van der Waals surface area contributed by atoms with E-state index in [4.69, 9.17) is 0 Å². The minimum Gasteiger partial charge on any atom is -0.368 e. The molecule has 0 aliphatic heterocycles. The summed E-state index contributed by atoms with van der Waals surface area (Å²) in [5, 5.41) is 3.33. The highest BCUT2D eigenvalue weighted by Gasteiger charge is 2.08. The van der Waals surface area contributed by atoms with Crippen molar-refractivity contribution in [2.24, 2.45) is 0 Å². The summed E-state index contributed by atoms with van der Waals surface area (Å²) in [5.74, 6) is 1.63. The first-order valence-electron chi connectivity index (χ1n) is 7.27. The van der Waals surface area contributed by atoms with E-state index in [1.807, 2.05) is 44.6 Å². The molecule has 112 valence electrons. The van der Waals surface area contributed by atoms with Gasteiger partial charge in [0.1, 0.15) is 5.82 Å². The van der Waals surface area contributed by atoms with Gasteiger partial charge >= 0.3 is 0 Å². The summed E-state index contributed by atoms with van der Waals surface area (Å²) in [6, 6.07) is 6.40. The summed E-state index contributed by atoms with van der Waals surface area (Å²) in [6.07, 6.45) is 4.59. The van der Waals surface area contributed by atoms with Crippen LogP contribution in [0.1, 0.15) is 25.1 Å². The number of hydrogen-bond donors (Lipinski definition) is 1. The number of rotatable bonds is 6. The Labute approximate surface area is 126 Å². The van der Waals surface area contributed by atoms with E-state index < -0.39 is 0 Å². The van der Waals surface area contributed by atoms with Crippen LogP contribution in [-0.4, -0.2) is 34.6 Å². The lowest BCUT2D eigenvalue weighted by Gasteiger charge is -2.19. The van der Waals surface area contributed by atoms with Gasteiger partial charge in [-0.15, -0.1) is 0 Å². The molecule has 0 spiro atoms. The molecule has 0 fully saturated rings. The fourth-order valence-electron chi connectivity index (χ4n) is 2.04. The van der Waals surface area contributed by atoms with Gasteiger partial charge in [-0.25, -0.2) is 4.98 Å². The summed E-state index contributed by atoms with van der Waals surface area (Å²) in [6.45, 7) is 7.07. The van der Waals surface area contributed by atoms with Crippen LogP contribution in [0.3, 0.4) is 0 Å². The summed E-state index contributed by atoms with van der Waals surface area (Å²) < 4.78 is 0. The Morgan fingerprint density at radius 2 is 1.90 bits per heavy atom. The van der Waals surface area contributed by atoms with Gasteiger partial charge in [0.25, 0.3) is 0 Å². The lowest BCUT2D eigenvalue weighted by Crippen LogP contribution is -2.23. The van der Waals surface area contributed by atoms with Crippen molar-refractivity contribution in [3.05, 3.63) is 41.9 Å². The molecule has 0 amide bonds. The van der Waals surface area contributed by atoms with Gasteiger partial charge in [-0.05, 0) is 44.9 Å². The van der Waals surface area contributed by atoms with Crippen molar-refractivity contribution in [1.29, 1.82) is 0 Å². The molecule has 0 saturated carbocycles. The molecule has 2 heterocycles. The second kappa shape index (κ2) is 7.02. The van der Waals surface area contributed by atoms with E-state index in [9.17, 15) is 0 Å². The first-order valence-corrected chi connectivity index (χ1v) is 7.27. The average molecular weight is 285 g/mol. The molecule has 2 rings (SSSR count). The quantitative estimate of drug-likeness (QED) is 0.884. The van der Waals surface area contributed by atoms with Crippen LogP contribution in [0.15, 0.2) is 30.6 Å². The third-order valence-electron chi connectivity index (χ3n) is 3.11. The third kappa shape index (κ3) is 4.70. The molecule has 0 aliphatic rings. The van der Waals surface area contributed by atoms with E-state index in [0.717, 1.165) is 30.4 Å². The first kappa shape index (κ1) is 15.2. The number of pyridine rings is 1. The molecule has 0 aromatic carbocycles. The van der Waals surface area contributed by atoms with Crippen LogP contribution >= 0.6 is 0 Å². The van der Waals surface area contributed by atoms with E-state index in [1.54, 1.807) is 0 Å². The second-order valence-corrected chi connectivity index (χ2v) is 5.52. The Balaban J connectivity index is 2.04. The fraction of sp³-hybridized carbons (Fsp3) is 0.438. The van der Waals surface area contributed by atoms with Crippen LogP contribution in [0.25, 0.3) is 0 Å². The van der Waals surface area contributed by atoms with Crippen molar-refractivity contribution in [3.8, 4) is 0 Å². The molecule has 21 heavy (non-hydrogen) atoms. The molecule has 5 nitrogen and oxygen atoms in total. The van der Waals surface area contributed by atoms with E-state index in [-0.39, 0.29) is 0 Å². The van der Waals surface area contributed by atoms with Gasteiger partial charge in [0, 0.05) is 43.8 Å². The maximum Gasteiger partial charge on any atom is 0.227 e. The maximum atomic E-state index is 4.58. The smallest absolute Gasteiger partial charge is 0.227 e. The van der Waals surface area contributed by atoms with Gasteiger partial charge in [-0.2, -0.15) is 4.98 Å². The molecule has 0 unspecified atom stereocenters. The number of anilines is 2. The van der Waals surface area contributed by atoms with Crippen LogP contribution in [0.4, 0.5) is 11.8 Å². The zero-order chi connectivity index (χ0) is 15.2. The van der Waals surface area contributed by atoms with E-state index in [1.165, 1.54) is 5.56 Å². The average Bonchev–Trinajstić information content (AvgIpc) is 2.44. The Hall–Kier alpha value is -2.17. The molecule has 5 heteroatoms. The summed E-state index contributed by atoms with van der Waals surface area (Å²) in [7, 11) is 2.02. The Morgan fingerprint density at radius 1 is 1.19 bits per heavy atom. The lowest BCUT2D eigenvalue weighted by molar-refractivity contribution is 0.825. The van der Waals surface area contributed by atoms with Crippen LogP contribution in [0, 0.1) is 6.92 Å². The van der Waals surface area contributed by atoms with Crippen molar-refractivity contribution in [2.45, 2.75) is 33.2 Å². The Bertz CT molecular complexity index is 568. The molecule has 0 aliphatic carbocycles. The van der Waals surface area contributed by atoms with Crippen LogP contribution < -0.4 is 10.2 Å². The molecular weight excluding hydrogens is 262 g/mol. The fourth-order valence-corrected chi connectivity index (χ4v) is 2.04. The van der Waals surface area contributed by atoms with Gasteiger partial charge in [0.2, 0.25) is 5.95 Å². The van der Waals surface area contributed by atoms with E-state index in [2.05, 4.69) is 39.0 Å². The number of hydrogen-bond acceptors (Lipinski definition) is 5. The summed E-state index contributed by atoms with van der Waals surface area (Å²) in [4.78, 5) is 15.2. The normalized spacial score (nSPS) is 10.7. The molecule has 0 saturated heterocycles. The van der Waals surface area contributed by atoms with Crippen molar-refractivity contribution in [1.82, 2.24) is 15.0 Å². The zero-order valence-corrected chi connectivity index (χ0v) is 13.2. The van der Waals surface area contributed by atoms with Crippen LogP contribution in [-0.2, 0) is 6.42 Å². The zero-order valence-electron chi connectivity index (χ0n) is 13.2. The number of aromatic nitrogens is 3. The number of nitrogens with one attached hydrogen (secondary N) is 1. The summed E-state index contributed by atoms with van der Waals surface area (Å²) in [5.41, 5.74) is 2.24. The topological polar surface area (TPSA) is 53.9 Å². The van der Waals surface area contributed by atoms with Crippen molar-refractivity contribution >= 4 is 11.8 Å². The summed E-state index contributed by atoms with van der Waals surface area (Å²) >= 11 is 0. The van der Waals surface area contributed by atoms with Gasteiger partial charge in [-0.3, -0.25) is 4.98 Å². The van der Waals surface area contributed by atoms with Crippen molar-refractivity contribution in [3.63, 3.8) is 0 Å². The number of aryl methyl sites for hydroxylation is 1. The highest BCUT2D eigenvalue weighted by atomic mass is 15.2. The van der Waals surface area contributed by atoms with Gasteiger partial charge in [0.15, 0.2) is 0 Å². The Kier molecular flexibility index (Phi) is 5.09. The van der Waals surface area contributed by atoms with Gasteiger partial charge < -0.3 is 10.2 Å². The molecule has 1 N–H and O–H groups in total. The molecule has 2 aromatic rings. The standard InChI is InChI=1S/C16H23N5/c1-12(2)18-15-11-13(3)19-16(20-15)21(4)10-7-14-5-8-17-9-6-14/h5-6,8-9,11-12H,7,10H2,1-4H3,(H,18,19,20). The monoisotopic (exact) mass is 285 g/mol. The molecule has 0 bridgehead atoms. The molecular formula is C16H23N5. The van der Waals surface area contributed by atoms with Crippen LogP contribution in [0.2, 0.25) is 0 Å². The minimum absolute atomic E-state index is 0.356. The van der Waals surface area contributed by atoms with Gasteiger partial charge in [0.05, 0.1) is 0 Å². The highest BCUT2D eigenvalue weighted by Crippen LogP contribution is 2.14. The van der Waals surface area contributed by atoms with E-state index >= 15 is 0 Å². The molecule has 2 aromatic heterocycles. The maximum absolute atomic E-state index is 4.58. The third-order valence-corrected chi connectivity index (χ3v) is 3.11. The Morgan fingerprint density at radius 3 is 2.57 bits per heavy atom.